The fraction of sp³-hybridized carbons (Fsp3) is 0.600. The van der Waals surface area contributed by atoms with Crippen LogP contribution in [0.3, 0.4) is 0 Å². The Morgan fingerprint density at radius 2 is 2.05 bits per heavy atom. The maximum Gasteiger partial charge on any atom is 0.244 e. The van der Waals surface area contributed by atoms with Gasteiger partial charge in [0.1, 0.15) is 10.6 Å². The lowest BCUT2D eigenvalue weighted by Gasteiger charge is -2.20. The van der Waals surface area contributed by atoms with Gasteiger partial charge in [-0.1, -0.05) is 19.9 Å². The van der Waals surface area contributed by atoms with Crippen LogP contribution in [0.4, 0.5) is 0 Å². The molecule has 3 N–H and O–H groups in total. The Bertz CT molecular complexity index is 601. The molecule has 2 rings (SSSR count). The van der Waals surface area contributed by atoms with Crippen LogP contribution >= 0.6 is 0 Å². The van der Waals surface area contributed by atoms with Crippen molar-refractivity contribution in [3.8, 4) is 5.75 Å². The molecule has 0 aromatic heterocycles. The van der Waals surface area contributed by atoms with Gasteiger partial charge in [-0.15, -0.1) is 0 Å². The third kappa shape index (κ3) is 3.39. The van der Waals surface area contributed by atoms with Crippen molar-refractivity contribution in [2.24, 2.45) is 17.6 Å². The van der Waals surface area contributed by atoms with Gasteiger partial charge in [0.15, 0.2) is 0 Å². The summed E-state index contributed by atoms with van der Waals surface area (Å²) in [6.45, 7) is 4.55. The number of rotatable bonds is 5. The third-order valence-electron chi connectivity index (χ3n) is 4.53. The highest BCUT2D eigenvalue weighted by Gasteiger charge is 2.33. The van der Waals surface area contributed by atoms with Gasteiger partial charge in [-0.05, 0) is 42.4 Å². The Labute approximate surface area is 126 Å². The summed E-state index contributed by atoms with van der Waals surface area (Å²) in [5.41, 5.74) is 6.37. The first-order valence-corrected chi connectivity index (χ1v) is 8.76. The molecule has 3 atom stereocenters. The zero-order valence-electron chi connectivity index (χ0n) is 12.8. The summed E-state index contributed by atoms with van der Waals surface area (Å²) in [6, 6.07) is 5.00. The normalized spacial score (nSPS) is 26.0. The number of hydrogen-bond acceptors (Lipinski definition) is 4. The largest absolute Gasteiger partial charge is 0.495 e. The number of sulfonamides is 1. The van der Waals surface area contributed by atoms with Gasteiger partial charge < -0.3 is 10.5 Å². The van der Waals surface area contributed by atoms with E-state index in [0.29, 0.717) is 24.1 Å². The highest BCUT2D eigenvalue weighted by Crippen LogP contribution is 2.33. The molecule has 0 bridgehead atoms. The summed E-state index contributed by atoms with van der Waals surface area (Å²) < 4.78 is 33.3. The average Bonchev–Trinajstić information content (AvgIpc) is 2.78. The van der Waals surface area contributed by atoms with E-state index in [1.807, 2.05) is 0 Å². The molecule has 1 aliphatic carbocycles. The van der Waals surface area contributed by atoms with Crippen LogP contribution in [0.1, 0.15) is 32.3 Å². The van der Waals surface area contributed by atoms with Crippen LogP contribution in [-0.2, 0) is 16.6 Å². The lowest BCUT2D eigenvalue weighted by atomic mass is 9.98. The van der Waals surface area contributed by atoms with Crippen molar-refractivity contribution in [1.29, 1.82) is 0 Å². The fourth-order valence-corrected chi connectivity index (χ4v) is 4.43. The van der Waals surface area contributed by atoms with E-state index in [1.54, 1.807) is 18.2 Å². The molecule has 21 heavy (non-hydrogen) atoms. The minimum absolute atomic E-state index is 0.0174. The van der Waals surface area contributed by atoms with Gasteiger partial charge in [0.25, 0.3) is 0 Å². The minimum Gasteiger partial charge on any atom is -0.495 e. The molecule has 5 nitrogen and oxygen atoms in total. The molecule has 0 saturated heterocycles. The summed E-state index contributed by atoms with van der Waals surface area (Å²) in [6.07, 6.45) is 1.93. The molecule has 1 aliphatic rings. The standard InChI is InChI=1S/C15H24N2O3S/c1-10-4-6-13(11(10)2)17-21(18,19)15-8-12(9-16)5-7-14(15)20-3/h5,7-8,10-11,13,17H,4,6,9,16H2,1-3H3. The highest BCUT2D eigenvalue weighted by molar-refractivity contribution is 7.89. The van der Waals surface area contributed by atoms with E-state index in [2.05, 4.69) is 18.6 Å². The number of nitrogens with two attached hydrogens (primary N) is 1. The van der Waals surface area contributed by atoms with E-state index in [1.165, 1.54) is 7.11 Å². The smallest absolute Gasteiger partial charge is 0.244 e. The lowest BCUT2D eigenvalue weighted by molar-refractivity contribution is 0.394. The van der Waals surface area contributed by atoms with Crippen molar-refractivity contribution in [2.45, 2.75) is 44.2 Å². The first-order valence-electron chi connectivity index (χ1n) is 7.28. The molecule has 0 spiro atoms. The molecule has 1 fully saturated rings. The third-order valence-corrected chi connectivity index (χ3v) is 6.04. The van der Waals surface area contributed by atoms with Crippen LogP contribution in [0.5, 0.6) is 5.75 Å². The Hall–Kier alpha value is -1.11. The molecule has 0 amide bonds. The second-order valence-electron chi connectivity index (χ2n) is 5.83. The topological polar surface area (TPSA) is 81.4 Å². The predicted octanol–water partition coefficient (Wildman–Crippen LogP) is 1.87. The van der Waals surface area contributed by atoms with E-state index in [4.69, 9.17) is 10.5 Å². The van der Waals surface area contributed by atoms with Gasteiger partial charge in [0.2, 0.25) is 10.0 Å². The van der Waals surface area contributed by atoms with Gasteiger partial charge in [0, 0.05) is 12.6 Å². The number of hydrogen-bond donors (Lipinski definition) is 2. The van der Waals surface area contributed by atoms with Gasteiger partial charge in [-0.2, -0.15) is 0 Å². The van der Waals surface area contributed by atoms with E-state index in [0.717, 1.165) is 18.4 Å². The zero-order chi connectivity index (χ0) is 15.6. The summed E-state index contributed by atoms with van der Waals surface area (Å²) in [4.78, 5) is 0.166. The molecule has 0 radical (unpaired) electrons. The molecule has 1 aromatic carbocycles. The van der Waals surface area contributed by atoms with Crippen molar-refractivity contribution < 1.29 is 13.2 Å². The second kappa shape index (κ2) is 6.34. The average molecular weight is 312 g/mol. The molecular formula is C15H24N2O3S. The highest BCUT2D eigenvalue weighted by atomic mass is 32.2. The molecule has 1 aromatic rings. The van der Waals surface area contributed by atoms with E-state index < -0.39 is 10.0 Å². The predicted molar refractivity (Wildman–Crippen MR) is 82.6 cm³/mol. The zero-order valence-corrected chi connectivity index (χ0v) is 13.6. The van der Waals surface area contributed by atoms with Crippen LogP contribution in [0, 0.1) is 11.8 Å². The maximum atomic E-state index is 12.7. The SMILES string of the molecule is COc1ccc(CN)cc1S(=O)(=O)NC1CCC(C)C1C. The monoisotopic (exact) mass is 312 g/mol. The second-order valence-corrected chi connectivity index (χ2v) is 7.51. The van der Waals surface area contributed by atoms with Crippen LogP contribution in [0.25, 0.3) is 0 Å². The van der Waals surface area contributed by atoms with Gasteiger partial charge in [-0.25, -0.2) is 13.1 Å². The Morgan fingerprint density at radius 3 is 2.57 bits per heavy atom. The van der Waals surface area contributed by atoms with Crippen molar-refractivity contribution >= 4 is 10.0 Å². The number of methoxy groups -OCH3 is 1. The van der Waals surface area contributed by atoms with Gasteiger partial charge in [0.05, 0.1) is 7.11 Å². The molecule has 3 unspecified atom stereocenters. The van der Waals surface area contributed by atoms with Crippen LogP contribution in [0.2, 0.25) is 0 Å². The van der Waals surface area contributed by atoms with Crippen molar-refractivity contribution in [1.82, 2.24) is 4.72 Å². The number of benzene rings is 1. The summed E-state index contributed by atoms with van der Waals surface area (Å²) >= 11 is 0. The van der Waals surface area contributed by atoms with Crippen molar-refractivity contribution in [3.63, 3.8) is 0 Å². The summed E-state index contributed by atoms with van der Waals surface area (Å²) in [7, 11) is -2.14. The maximum absolute atomic E-state index is 12.7. The fourth-order valence-electron chi connectivity index (χ4n) is 2.85. The first-order chi connectivity index (χ1) is 9.89. The van der Waals surface area contributed by atoms with Crippen LogP contribution in [-0.4, -0.2) is 21.6 Å². The molecular weight excluding hydrogens is 288 g/mol. The Balaban J connectivity index is 2.31. The quantitative estimate of drug-likeness (QED) is 0.869. The van der Waals surface area contributed by atoms with Crippen LogP contribution in [0.15, 0.2) is 23.1 Å². The Kier molecular flexibility index (Phi) is 4.91. The lowest BCUT2D eigenvalue weighted by Crippen LogP contribution is -2.37. The molecule has 0 aliphatic heterocycles. The summed E-state index contributed by atoms with van der Waals surface area (Å²) in [5.74, 6) is 1.22. The minimum atomic E-state index is -3.61. The van der Waals surface area contributed by atoms with Crippen molar-refractivity contribution in [2.75, 3.05) is 7.11 Å². The molecule has 118 valence electrons. The number of nitrogens with one attached hydrogen (secondary N) is 1. The molecule has 6 heteroatoms. The van der Waals surface area contributed by atoms with E-state index in [9.17, 15) is 8.42 Å². The molecule has 1 saturated carbocycles. The summed E-state index contributed by atoms with van der Waals surface area (Å²) in [5, 5.41) is 0. The number of ether oxygens (including phenoxy) is 1. The van der Waals surface area contributed by atoms with Gasteiger partial charge in [-0.3, -0.25) is 0 Å². The van der Waals surface area contributed by atoms with Crippen LogP contribution < -0.4 is 15.2 Å². The van der Waals surface area contributed by atoms with Gasteiger partial charge >= 0.3 is 0 Å². The first kappa shape index (κ1) is 16.3. The van der Waals surface area contributed by atoms with E-state index >= 15 is 0 Å². The molecule has 0 heterocycles. The van der Waals surface area contributed by atoms with E-state index in [-0.39, 0.29) is 10.9 Å². The van der Waals surface area contributed by atoms with Crippen molar-refractivity contribution in [3.05, 3.63) is 23.8 Å². The Morgan fingerprint density at radius 1 is 1.33 bits per heavy atom.